The summed E-state index contributed by atoms with van der Waals surface area (Å²) in [5.41, 5.74) is 12.5. The summed E-state index contributed by atoms with van der Waals surface area (Å²) in [5.74, 6) is -0.585. The summed E-state index contributed by atoms with van der Waals surface area (Å²) in [7, 11) is 0. The molecule has 3 aliphatic rings. The molecule has 2 fully saturated rings. The minimum Gasteiger partial charge on any atom is -0.472 e. The van der Waals surface area contributed by atoms with Crippen molar-refractivity contribution in [3.63, 3.8) is 0 Å². The number of nitriles is 1. The van der Waals surface area contributed by atoms with Crippen LogP contribution in [0.25, 0.3) is 32.2 Å². The predicted octanol–water partition coefficient (Wildman–Crippen LogP) is 5.79. The van der Waals surface area contributed by atoms with Crippen LogP contribution in [0.5, 0.6) is 11.9 Å². The Morgan fingerprint density at radius 1 is 1.18 bits per heavy atom. The molecule has 2 saturated heterocycles. The lowest BCUT2D eigenvalue weighted by Crippen LogP contribution is -2.46. The molecule has 0 spiro atoms. The first-order valence-electron chi connectivity index (χ1n) is 16.6. The molecule has 4 aromatic heterocycles. The lowest BCUT2D eigenvalue weighted by molar-refractivity contribution is 0.107. The highest BCUT2D eigenvalue weighted by atomic mass is 32.1. The number of hydrogen-bond donors (Lipinski definition) is 2. The number of nitrogen functional groups attached to an aromatic ring is 2. The van der Waals surface area contributed by atoms with Gasteiger partial charge in [-0.25, -0.2) is 23.1 Å². The van der Waals surface area contributed by atoms with Crippen LogP contribution in [0.3, 0.4) is 0 Å². The van der Waals surface area contributed by atoms with E-state index in [0.29, 0.717) is 37.6 Å². The lowest BCUT2D eigenvalue weighted by atomic mass is 9.95. The zero-order valence-electron chi connectivity index (χ0n) is 27.4. The molecule has 50 heavy (non-hydrogen) atoms. The first-order chi connectivity index (χ1) is 24.1. The lowest BCUT2D eigenvalue weighted by Gasteiger charge is -2.34. The van der Waals surface area contributed by atoms with Crippen molar-refractivity contribution in [3.05, 3.63) is 53.2 Å². The van der Waals surface area contributed by atoms with Crippen LogP contribution in [0.1, 0.15) is 44.2 Å². The third kappa shape index (κ3) is 5.11. The van der Waals surface area contributed by atoms with Gasteiger partial charge in [0.2, 0.25) is 5.88 Å². The Morgan fingerprint density at radius 3 is 2.80 bits per heavy atom. The Bertz CT molecular complexity index is 2210. The third-order valence-corrected chi connectivity index (χ3v) is 11.3. The number of likely N-dealkylation sites (N-methyl/N-ethyl adjacent to an activating group) is 1. The average molecular weight is 702 g/mol. The number of fused-ring (bicyclic) bond motifs is 2. The van der Waals surface area contributed by atoms with Crippen LogP contribution in [-0.4, -0.2) is 74.9 Å². The fourth-order valence-corrected chi connectivity index (χ4v) is 8.92. The SMILES string of the molecule is CCN1c2nc(OC[C@@]34CCCN3C[C@H](F)C4)nc3c(F)c(-c4ccc(F)c5sc(N)c(C#N)c45)nc(c23)OC(C)C1Cc1ccnc(N)c1. The number of pyridine rings is 2. The average Bonchev–Trinajstić information content (AvgIpc) is 3.72. The monoisotopic (exact) mass is 701 g/mol. The molecule has 0 radical (unpaired) electrons. The van der Waals surface area contributed by atoms with Gasteiger partial charge in [-0.1, -0.05) is 0 Å². The first-order valence-corrected chi connectivity index (χ1v) is 17.4. The van der Waals surface area contributed by atoms with Gasteiger partial charge in [-0.2, -0.15) is 15.2 Å². The molecular weight excluding hydrogens is 668 g/mol. The molecular formula is C35H34F3N9O2S. The minimum atomic E-state index is -0.955. The molecule has 0 amide bonds. The van der Waals surface area contributed by atoms with Crippen LogP contribution >= 0.6 is 11.3 Å². The summed E-state index contributed by atoms with van der Waals surface area (Å²) in [4.78, 5) is 22.4. The minimum absolute atomic E-state index is 0.0327. The van der Waals surface area contributed by atoms with Crippen molar-refractivity contribution >= 4 is 49.0 Å². The summed E-state index contributed by atoms with van der Waals surface area (Å²) >= 11 is 0.912. The van der Waals surface area contributed by atoms with E-state index in [1.54, 1.807) is 12.3 Å². The van der Waals surface area contributed by atoms with Crippen LogP contribution < -0.4 is 25.8 Å². The van der Waals surface area contributed by atoms with Crippen molar-refractivity contribution in [2.24, 2.45) is 0 Å². The summed E-state index contributed by atoms with van der Waals surface area (Å²) in [5, 5.41) is 10.5. The van der Waals surface area contributed by atoms with E-state index in [4.69, 9.17) is 30.9 Å². The zero-order valence-corrected chi connectivity index (χ0v) is 28.2. The van der Waals surface area contributed by atoms with Crippen LogP contribution in [0.15, 0.2) is 30.5 Å². The highest BCUT2D eigenvalue weighted by Gasteiger charge is 2.49. The highest BCUT2D eigenvalue weighted by molar-refractivity contribution is 7.23. The second kappa shape index (κ2) is 12.1. The van der Waals surface area contributed by atoms with Gasteiger partial charge in [0.25, 0.3) is 0 Å². The molecule has 0 bridgehead atoms. The summed E-state index contributed by atoms with van der Waals surface area (Å²) in [6, 6.07) is 7.90. The third-order valence-electron chi connectivity index (χ3n) is 10.3. The number of thiophene rings is 1. The standard InChI is InChI=1S/C35H34F3N9O2S/c1-3-47-23(11-18-7-9-42-24(40)12-18)17(2)49-33-26-29(44-34(45-32(26)47)48-16-35-8-4-10-46(35)15-19(36)13-35)27(38)28(43-33)20-5-6-22(37)30-25(20)21(14-39)31(41)50-30/h5-7,9,12,17,19,23H,3-4,8,10-11,13,15-16,41H2,1-2H3,(H2,40,42)/t17?,19-,23?,35+/m1/s1. The normalized spacial score (nSPS) is 23.2. The largest absolute Gasteiger partial charge is 0.472 e. The number of nitrogens with zero attached hydrogens (tertiary/aromatic N) is 7. The number of alkyl halides is 1. The molecule has 0 aliphatic carbocycles. The van der Waals surface area contributed by atoms with E-state index < -0.39 is 29.4 Å². The van der Waals surface area contributed by atoms with Gasteiger partial charge < -0.3 is 25.8 Å². The molecule has 258 valence electrons. The molecule has 3 aliphatic heterocycles. The van der Waals surface area contributed by atoms with Crippen molar-refractivity contribution in [2.45, 2.75) is 63.4 Å². The second-order valence-electron chi connectivity index (χ2n) is 13.2. The van der Waals surface area contributed by atoms with Crippen molar-refractivity contribution < 1.29 is 22.6 Å². The molecule has 5 aromatic rings. The van der Waals surface area contributed by atoms with Gasteiger partial charge in [0.05, 0.1) is 21.8 Å². The predicted molar refractivity (Wildman–Crippen MR) is 185 cm³/mol. The molecule has 4 N–H and O–H groups in total. The molecule has 15 heteroatoms. The van der Waals surface area contributed by atoms with Crippen molar-refractivity contribution in [2.75, 3.05) is 42.6 Å². The van der Waals surface area contributed by atoms with Gasteiger partial charge in [0.1, 0.15) is 64.0 Å². The van der Waals surface area contributed by atoms with Gasteiger partial charge in [0.15, 0.2) is 5.82 Å². The number of ether oxygens (including phenoxy) is 2. The van der Waals surface area contributed by atoms with Crippen molar-refractivity contribution in [3.8, 4) is 29.2 Å². The Hall–Kier alpha value is -4.94. The fourth-order valence-electron chi connectivity index (χ4n) is 7.97. The zero-order chi connectivity index (χ0) is 34.9. The van der Waals surface area contributed by atoms with E-state index in [1.807, 2.05) is 30.9 Å². The maximum absolute atomic E-state index is 17.1. The molecule has 4 atom stereocenters. The second-order valence-corrected chi connectivity index (χ2v) is 14.3. The molecule has 1 aromatic carbocycles. The van der Waals surface area contributed by atoms with Crippen molar-refractivity contribution in [1.29, 1.82) is 5.26 Å². The molecule has 0 saturated carbocycles. The first kappa shape index (κ1) is 32.3. The van der Waals surface area contributed by atoms with Crippen LogP contribution in [0.2, 0.25) is 0 Å². The quantitative estimate of drug-likeness (QED) is 0.212. The Kier molecular flexibility index (Phi) is 7.83. The summed E-state index contributed by atoms with van der Waals surface area (Å²) in [6.45, 7) is 5.60. The van der Waals surface area contributed by atoms with Gasteiger partial charge >= 0.3 is 6.01 Å². The Morgan fingerprint density at radius 2 is 2.02 bits per heavy atom. The molecule has 11 nitrogen and oxygen atoms in total. The van der Waals surface area contributed by atoms with E-state index >= 15 is 8.78 Å². The topological polar surface area (TPSA) is 152 Å². The number of benzene rings is 1. The van der Waals surface area contributed by atoms with E-state index in [0.717, 1.165) is 36.3 Å². The Balaban J connectivity index is 1.32. The summed E-state index contributed by atoms with van der Waals surface area (Å²) in [6.07, 6.45) is 2.72. The van der Waals surface area contributed by atoms with Gasteiger partial charge in [-0.05, 0) is 69.5 Å². The molecule has 7 heterocycles. The van der Waals surface area contributed by atoms with Crippen LogP contribution in [-0.2, 0) is 6.42 Å². The van der Waals surface area contributed by atoms with E-state index in [9.17, 15) is 9.65 Å². The van der Waals surface area contributed by atoms with Gasteiger partial charge in [0, 0.05) is 36.7 Å². The molecule has 8 rings (SSSR count). The fraction of sp³-hybridized carbons (Fsp3) is 0.400. The van der Waals surface area contributed by atoms with E-state index in [1.165, 1.54) is 12.1 Å². The highest BCUT2D eigenvalue weighted by Crippen LogP contribution is 2.46. The van der Waals surface area contributed by atoms with Gasteiger partial charge in [-0.15, -0.1) is 11.3 Å². The van der Waals surface area contributed by atoms with Crippen molar-refractivity contribution in [1.82, 2.24) is 24.8 Å². The van der Waals surface area contributed by atoms with E-state index in [-0.39, 0.29) is 67.4 Å². The number of anilines is 3. The number of hydrogen-bond acceptors (Lipinski definition) is 12. The summed E-state index contributed by atoms with van der Waals surface area (Å²) < 4.78 is 59.7. The smallest absolute Gasteiger partial charge is 0.319 e. The number of halogens is 3. The number of aromatic nitrogens is 4. The van der Waals surface area contributed by atoms with Crippen LogP contribution in [0, 0.1) is 23.0 Å². The maximum atomic E-state index is 17.1. The number of rotatable bonds is 7. The van der Waals surface area contributed by atoms with Crippen LogP contribution in [0.4, 0.5) is 29.8 Å². The maximum Gasteiger partial charge on any atom is 0.319 e. The molecule has 2 unspecified atom stereocenters. The van der Waals surface area contributed by atoms with Gasteiger partial charge in [-0.3, -0.25) is 4.90 Å². The Labute approximate surface area is 289 Å². The van der Waals surface area contributed by atoms with E-state index in [2.05, 4.69) is 14.9 Å². The number of nitrogens with two attached hydrogens (primary N) is 2.